The van der Waals surface area contributed by atoms with E-state index in [4.69, 9.17) is 9.15 Å². The van der Waals surface area contributed by atoms with E-state index in [1.54, 1.807) is 25.3 Å². The fourth-order valence-electron chi connectivity index (χ4n) is 3.70. The van der Waals surface area contributed by atoms with E-state index in [0.29, 0.717) is 30.8 Å². The van der Waals surface area contributed by atoms with E-state index in [-0.39, 0.29) is 11.5 Å². The first-order chi connectivity index (χ1) is 14.6. The van der Waals surface area contributed by atoms with Crippen molar-refractivity contribution in [2.24, 2.45) is 0 Å². The Hall–Kier alpha value is -3.32. The second kappa shape index (κ2) is 9.00. The highest BCUT2D eigenvalue weighted by Crippen LogP contribution is 2.20. The van der Waals surface area contributed by atoms with Gasteiger partial charge in [0.1, 0.15) is 11.3 Å². The number of para-hydroxylation sites is 1. The number of nitrogens with one attached hydrogen (secondary N) is 1. The molecule has 0 unspecified atom stereocenters. The zero-order valence-corrected chi connectivity index (χ0v) is 17.0. The van der Waals surface area contributed by atoms with Crippen LogP contribution < -0.4 is 15.7 Å². The topological polar surface area (TPSA) is 75.0 Å². The van der Waals surface area contributed by atoms with Gasteiger partial charge >= 0.3 is 5.63 Å². The minimum atomic E-state index is -0.359. The van der Waals surface area contributed by atoms with Crippen molar-refractivity contribution in [2.45, 2.75) is 0 Å². The largest absolute Gasteiger partial charge is 0.497 e. The lowest BCUT2D eigenvalue weighted by atomic mass is 10.1. The van der Waals surface area contributed by atoms with Gasteiger partial charge < -0.3 is 19.4 Å². The van der Waals surface area contributed by atoms with Gasteiger partial charge in [-0.15, -0.1) is 0 Å². The molecule has 7 heteroatoms. The lowest BCUT2D eigenvalue weighted by Crippen LogP contribution is -2.49. The van der Waals surface area contributed by atoms with Crippen LogP contribution in [0, 0.1) is 0 Å². The van der Waals surface area contributed by atoms with Gasteiger partial charge in [0.25, 0.3) is 5.91 Å². The quantitative estimate of drug-likeness (QED) is 0.634. The number of piperazine rings is 1. The fraction of sp³-hybridized carbons (Fsp3) is 0.304. The highest BCUT2D eigenvalue weighted by Gasteiger charge is 2.22. The Morgan fingerprint density at radius 2 is 1.80 bits per heavy atom. The minimum Gasteiger partial charge on any atom is -0.497 e. The standard InChI is InChI=1S/C23H25N3O4/c1-29-18-8-6-17(7-9-18)23(28)26-14-12-25(13-15-26)11-10-24-20-16-22(27)30-21-5-3-2-4-19(20)21/h2-9,16,24H,10-15H2,1H3. The molecule has 2 aromatic carbocycles. The van der Waals surface area contributed by atoms with Gasteiger partial charge in [-0.25, -0.2) is 4.79 Å². The van der Waals surface area contributed by atoms with Crippen LogP contribution in [0.15, 0.2) is 63.8 Å². The number of anilines is 1. The van der Waals surface area contributed by atoms with Gasteiger partial charge in [0, 0.05) is 56.3 Å². The SMILES string of the molecule is COc1ccc(C(=O)N2CCN(CCNc3cc(=O)oc4ccccc34)CC2)cc1. The van der Waals surface area contributed by atoms with Crippen molar-refractivity contribution in [2.75, 3.05) is 51.7 Å². The molecular weight excluding hydrogens is 382 g/mol. The molecule has 156 valence electrons. The van der Waals surface area contributed by atoms with Crippen LogP contribution in [0.25, 0.3) is 11.0 Å². The molecule has 1 N–H and O–H groups in total. The summed E-state index contributed by atoms with van der Waals surface area (Å²) in [7, 11) is 1.61. The molecule has 1 aliphatic heterocycles. The molecule has 4 rings (SSSR count). The number of nitrogens with zero attached hydrogens (tertiary/aromatic N) is 2. The number of rotatable bonds is 6. The Balaban J connectivity index is 1.28. The third-order valence-electron chi connectivity index (χ3n) is 5.39. The molecule has 0 radical (unpaired) electrons. The van der Waals surface area contributed by atoms with E-state index >= 15 is 0 Å². The number of fused-ring (bicyclic) bond motifs is 1. The van der Waals surface area contributed by atoms with Gasteiger partial charge in [0.05, 0.1) is 12.8 Å². The second-order valence-corrected chi connectivity index (χ2v) is 7.26. The molecule has 2 heterocycles. The summed E-state index contributed by atoms with van der Waals surface area (Å²) in [6.07, 6.45) is 0. The molecule has 0 saturated carbocycles. The molecule has 0 atom stereocenters. The first-order valence-electron chi connectivity index (χ1n) is 10.1. The van der Waals surface area contributed by atoms with Crippen LogP contribution in [0.1, 0.15) is 10.4 Å². The third kappa shape index (κ3) is 4.46. The van der Waals surface area contributed by atoms with Gasteiger partial charge in [-0.1, -0.05) is 12.1 Å². The molecule has 1 fully saturated rings. The van der Waals surface area contributed by atoms with Crippen LogP contribution in [0.3, 0.4) is 0 Å². The summed E-state index contributed by atoms with van der Waals surface area (Å²) in [5, 5.41) is 4.25. The second-order valence-electron chi connectivity index (χ2n) is 7.26. The number of amides is 1. The predicted octanol–water partition coefficient (Wildman–Crippen LogP) is 2.67. The van der Waals surface area contributed by atoms with E-state index < -0.39 is 0 Å². The summed E-state index contributed by atoms with van der Waals surface area (Å²) >= 11 is 0. The lowest BCUT2D eigenvalue weighted by Gasteiger charge is -2.34. The van der Waals surface area contributed by atoms with Crippen LogP contribution in [-0.4, -0.2) is 62.1 Å². The molecule has 3 aromatic rings. The number of carbonyl (C=O) groups excluding carboxylic acids is 1. The van der Waals surface area contributed by atoms with Crippen molar-refractivity contribution in [3.05, 3.63) is 70.6 Å². The number of carbonyl (C=O) groups is 1. The zero-order valence-electron chi connectivity index (χ0n) is 17.0. The predicted molar refractivity (Wildman–Crippen MR) is 116 cm³/mol. The van der Waals surface area contributed by atoms with Crippen molar-refractivity contribution >= 4 is 22.6 Å². The van der Waals surface area contributed by atoms with Gasteiger partial charge in [-0.2, -0.15) is 0 Å². The van der Waals surface area contributed by atoms with Crippen molar-refractivity contribution < 1.29 is 13.9 Å². The van der Waals surface area contributed by atoms with Crippen LogP contribution in [-0.2, 0) is 0 Å². The van der Waals surface area contributed by atoms with Crippen molar-refractivity contribution in [1.82, 2.24) is 9.80 Å². The van der Waals surface area contributed by atoms with Crippen LogP contribution in [0.2, 0.25) is 0 Å². The molecular formula is C23H25N3O4. The number of ether oxygens (including phenoxy) is 1. The molecule has 1 aromatic heterocycles. The van der Waals surface area contributed by atoms with Gasteiger partial charge in [-0.3, -0.25) is 9.69 Å². The first-order valence-corrected chi connectivity index (χ1v) is 10.1. The van der Waals surface area contributed by atoms with E-state index in [9.17, 15) is 9.59 Å². The number of hydrogen-bond donors (Lipinski definition) is 1. The fourth-order valence-corrected chi connectivity index (χ4v) is 3.70. The maximum Gasteiger partial charge on any atom is 0.338 e. The lowest BCUT2D eigenvalue weighted by molar-refractivity contribution is 0.0642. The normalized spacial score (nSPS) is 14.6. The van der Waals surface area contributed by atoms with Crippen LogP contribution >= 0.6 is 0 Å². The maximum absolute atomic E-state index is 12.7. The smallest absolute Gasteiger partial charge is 0.338 e. The Morgan fingerprint density at radius 3 is 2.53 bits per heavy atom. The average molecular weight is 407 g/mol. The number of hydrogen-bond acceptors (Lipinski definition) is 6. The highest BCUT2D eigenvalue weighted by atomic mass is 16.5. The Morgan fingerprint density at radius 1 is 1.07 bits per heavy atom. The summed E-state index contributed by atoms with van der Waals surface area (Å²) in [4.78, 5) is 28.6. The number of benzene rings is 2. The van der Waals surface area contributed by atoms with Crippen LogP contribution in [0.4, 0.5) is 5.69 Å². The van der Waals surface area contributed by atoms with E-state index in [1.165, 1.54) is 6.07 Å². The molecule has 1 saturated heterocycles. The summed E-state index contributed by atoms with van der Waals surface area (Å²) in [5.74, 6) is 0.797. The molecule has 7 nitrogen and oxygen atoms in total. The van der Waals surface area contributed by atoms with E-state index in [0.717, 1.165) is 36.5 Å². The third-order valence-corrected chi connectivity index (χ3v) is 5.39. The van der Waals surface area contributed by atoms with Crippen molar-refractivity contribution in [1.29, 1.82) is 0 Å². The Kier molecular flexibility index (Phi) is 5.99. The molecule has 1 aliphatic rings. The highest BCUT2D eigenvalue weighted by molar-refractivity contribution is 5.94. The summed E-state index contributed by atoms with van der Waals surface area (Å²) in [6.45, 7) is 4.58. The van der Waals surface area contributed by atoms with Gasteiger partial charge in [-0.05, 0) is 36.4 Å². The molecule has 0 aliphatic carbocycles. The van der Waals surface area contributed by atoms with Crippen molar-refractivity contribution in [3.8, 4) is 5.75 Å². The summed E-state index contributed by atoms with van der Waals surface area (Å²) < 4.78 is 10.4. The monoisotopic (exact) mass is 407 g/mol. The zero-order chi connectivity index (χ0) is 20.9. The summed E-state index contributed by atoms with van der Waals surface area (Å²) in [5.41, 5.74) is 1.69. The number of methoxy groups -OCH3 is 1. The molecule has 30 heavy (non-hydrogen) atoms. The van der Waals surface area contributed by atoms with Gasteiger partial charge in [0.15, 0.2) is 0 Å². The molecule has 1 amide bonds. The van der Waals surface area contributed by atoms with Crippen LogP contribution in [0.5, 0.6) is 5.75 Å². The first kappa shape index (κ1) is 20.0. The summed E-state index contributed by atoms with van der Waals surface area (Å²) in [6, 6.07) is 16.2. The Labute approximate surface area is 174 Å². The maximum atomic E-state index is 12.7. The minimum absolute atomic E-state index is 0.0536. The average Bonchev–Trinajstić information content (AvgIpc) is 2.79. The van der Waals surface area contributed by atoms with Gasteiger partial charge in [0.2, 0.25) is 0 Å². The van der Waals surface area contributed by atoms with Crippen molar-refractivity contribution in [3.63, 3.8) is 0 Å². The van der Waals surface area contributed by atoms with E-state index in [1.807, 2.05) is 35.2 Å². The van der Waals surface area contributed by atoms with E-state index in [2.05, 4.69) is 10.2 Å². The Bertz CT molecular complexity index is 1070. The molecule has 0 bridgehead atoms. The molecule has 0 spiro atoms.